The molecule has 1 aliphatic carbocycles. The van der Waals surface area contributed by atoms with Crippen LogP contribution < -0.4 is 5.32 Å². The van der Waals surface area contributed by atoms with E-state index in [4.69, 9.17) is 0 Å². The molecule has 2 heteroatoms. The van der Waals surface area contributed by atoms with E-state index in [0.29, 0.717) is 4.75 Å². The molecule has 0 aromatic carbocycles. The Kier molecular flexibility index (Phi) is 6.94. The molecule has 0 bridgehead atoms. The first-order valence-electron chi connectivity index (χ1n) is 7.37. The third-order valence-corrected chi connectivity index (χ3v) is 5.05. The summed E-state index contributed by atoms with van der Waals surface area (Å²) in [5.41, 5.74) is 0. The third kappa shape index (κ3) is 6.71. The van der Waals surface area contributed by atoms with Crippen LogP contribution >= 0.6 is 11.8 Å². The van der Waals surface area contributed by atoms with Gasteiger partial charge in [0.05, 0.1) is 0 Å². The first kappa shape index (κ1) is 15.4. The van der Waals surface area contributed by atoms with Crippen molar-refractivity contribution >= 4 is 11.8 Å². The van der Waals surface area contributed by atoms with Crippen molar-refractivity contribution in [2.24, 2.45) is 11.8 Å². The molecule has 0 amide bonds. The topological polar surface area (TPSA) is 12.0 Å². The van der Waals surface area contributed by atoms with Crippen molar-refractivity contribution in [3.8, 4) is 0 Å². The van der Waals surface area contributed by atoms with Gasteiger partial charge >= 0.3 is 0 Å². The first-order chi connectivity index (χ1) is 8.03. The molecular weight excluding hydrogens is 226 g/mol. The van der Waals surface area contributed by atoms with Crippen molar-refractivity contribution < 1.29 is 0 Å². The smallest absolute Gasteiger partial charge is 0.00750 e. The normalized spacial score (nSPS) is 26.1. The van der Waals surface area contributed by atoms with Crippen molar-refractivity contribution in [1.29, 1.82) is 0 Å². The average Bonchev–Trinajstić information content (AvgIpc) is 2.26. The van der Waals surface area contributed by atoms with Crippen molar-refractivity contribution in [3.05, 3.63) is 0 Å². The van der Waals surface area contributed by atoms with Gasteiger partial charge in [0.25, 0.3) is 0 Å². The number of rotatable bonds is 6. The van der Waals surface area contributed by atoms with Gasteiger partial charge in [0.15, 0.2) is 0 Å². The zero-order chi connectivity index (χ0) is 12.7. The van der Waals surface area contributed by atoms with E-state index in [-0.39, 0.29) is 0 Å². The zero-order valence-corrected chi connectivity index (χ0v) is 13.0. The summed E-state index contributed by atoms with van der Waals surface area (Å²) >= 11 is 2.13. The quantitative estimate of drug-likeness (QED) is 0.760. The summed E-state index contributed by atoms with van der Waals surface area (Å²) in [5, 5.41) is 3.55. The maximum absolute atomic E-state index is 3.55. The lowest BCUT2D eigenvalue weighted by molar-refractivity contribution is 0.226. The highest BCUT2D eigenvalue weighted by Crippen LogP contribution is 2.34. The van der Waals surface area contributed by atoms with Crippen LogP contribution in [0.1, 0.15) is 59.8 Å². The average molecular weight is 257 g/mol. The van der Waals surface area contributed by atoms with Gasteiger partial charge < -0.3 is 5.32 Å². The lowest BCUT2D eigenvalue weighted by Crippen LogP contribution is -2.31. The zero-order valence-electron chi connectivity index (χ0n) is 12.2. The number of hydrogen-bond donors (Lipinski definition) is 1. The summed E-state index contributed by atoms with van der Waals surface area (Å²) in [6.07, 6.45) is 7.28. The van der Waals surface area contributed by atoms with Crippen molar-refractivity contribution in [2.45, 2.75) is 64.5 Å². The maximum atomic E-state index is 3.55. The minimum atomic E-state index is 0.436. The monoisotopic (exact) mass is 257 g/mol. The van der Waals surface area contributed by atoms with Gasteiger partial charge in [-0.05, 0) is 43.5 Å². The Morgan fingerprint density at radius 1 is 1.12 bits per heavy atom. The Morgan fingerprint density at radius 3 is 2.35 bits per heavy atom. The molecule has 2 unspecified atom stereocenters. The highest BCUT2D eigenvalue weighted by atomic mass is 32.2. The molecule has 1 saturated carbocycles. The second-order valence-electron chi connectivity index (χ2n) is 6.36. The molecule has 0 aromatic heterocycles. The van der Waals surface area contributed by atoms with Crippen molar-refractivity contribution in [1.82, 2.24) is 5.32 Å². The molecule has 0 aromatic rings. The standard InChI is InChI=1S/C15H31NS/c1-5-16-12-14-9-7-6-8-13(14)10-11-17-15(2,3)4/h13-14,16H,5-12H2,1-4H3. The second kappa shape index (κ2) is 7.68. The molecule has 102 valence electrons. The lowest BCUT2D eigenvalue weighted by Gasteiger charge is -2.32. The van der Waals surface area contributed by atoms with Gasteiger partial charge in [-0.2, -0.15) is 11.8 Å². The van der Waals surface area contributed by atoms with Crippen LogP contribution in [-0.4, -0.2) is 23.6 Å². The largest absolute Gasteiger partial charge is 0.317 e. The fraction of sp³-hybridized carbons (Fsp3) is 1.00. The molecule has 0 aliphatic heterocycles. The van der Waals surface area contributed by atoms with E-state index < -0.39 is 0 Å². The summed E-state index contributed by atoms with van der Waals surface area (Å²) in [5.74, 6) is 3.28. The van der Waals surface area contributed by atoms with Crippen LogP contribution in [0.3, 0.4) is 0 Å². The van der Waals surface area contributed by atoms with Gasteiger partial charge in [0.2, 0.25) is 0 Å². The highest BCUT2D eigenvalue weighted by molar-refractivity contribution is 8.00. The van der Waals surface area contributed by atoms with Crippen LogP contribution in [0, 0.1) is 11.8 Å². The molecule has 1 rings (SSSR count). The summed E-state index contributed by atoms with van der Waals surface area (Å²) < 4.78 is 0.436. The molecule has 0 radical (unpaired) electrons. The highest BCUT2D eigenvalue weighted by Gasteiger charge is 2.24. The van der Waals surface area contributed by atoms with E-state index in [2.05, 4.69) is 44.8 Å². The van der Waals surface area contributed by atoms with Crippen LogP contribution in [0.25, 0.3) is 0 Å². The predicted molar refractivity (Wildman–Crippen MR) is 80.8 cm³/mol. The van der Waals surface area contributed by atoms with Gasteiger partial charge in [-0.15, -0.1) is 0 Å². The van der Waals surface area contributed by atoms with Gasteiger partial charge in [-0.1, -0.05) is 47.0 Å². The molecule has 1 aliphatic rings. The van der Waals surface area contributed by atoms with E-state index in [9.17, 15) is 0 Å². The Hall–Kier alpha value is 0.310. The Morgan fingerprint density at radius 2 is 1.76 bits per heavy atom. The Bertz CT molecular complexity index is 198. The van der Waals surface area contributed by atoms with E-state index in [0.717, 1.165) is 18.4 Å². The summed E-state index contributed by atoms with van der Waals surface area (Å²) in [6, 6.07) is 0. The van der Waals surface area contributed by atoms with E-state index in [1.54, 1.807) is 0 Å². The minimum absolute atomic E-state index is 0.436. The van der Waals surface area contributed by atoms with E-state index in [1.165, 1.54) is 44.4 Å². The van der Waals surface area contributed by atoms with Gasteiger partial charge in [0, 0.05) is 4.75 Å². The summed E-state index contributed by atoms with van der Waals surface area (Å²) in [6.45, 7) is 11.6. The van der Waals surface area contributed by atoms with Gasteiger partial charge in [0.1, 0.15) is 0 Å². The first-order valence-corrected chi connectivity index (χ1v) is 8.36. The summed E-state index contributed by atoms with van der Waals surface area (Å²) in [7, 11) is 0. The molecule has 0 saturated heterocycles. The van der Waals surface area contributed by atoms with Crippen LogP contribution in [0.4, 0.5) is 0 Å². The number of nitrogens with one attached hydrogen (secondary N) is 1. The number of hydrogen-bond acceptors (Lipinski definition) is 2. The molecule has 1 fully saturated rings. The minimum Gasteiger partial charge on any atom is -0.317 e. The maximum Gasteiger partial charge on any atom is 0.00750 e. The SMILES string of the molecule is CCNCC1CCCCC1CCSC(C)(C)C. The summed E-state index contributed by atoms with van der Waals surface area (Å²) in [4.78, 5) is 0. The van der Waals surface area contributed by atoms with Gasteiger partial charge in [-0.3, -0.25) is 0 Å². The molecular formula is C15H31NS. The third-order valence-electron chi connectivity index (χ3n) is 3.75. The van der Waals surface area contributed by atoms with Gasteiger partial charge in [-0.25, -0.2) is 0 Å². The number of thioether (sulfide) groups is 1. The van der Waals surface area contributed by atoms with Crippen LogP contribution in [0.15, 0.2) is 0 Å². The van der Waals surface area contributed by atoms with Crippen LogP contribution in [0.5, 0.6) is 0 Å². The Balaban J connectivity index is 2.27. The molecule has 0 heterocycles. The molecule has 0 spiro atoms. The van der Waals surface area contributed by atoms with E-state index >= 15 is 0 Å². The molecule has 17 heavy (non-hydrogen) atoms. The van der Waals surface area contributed by atoms with Crippen molar-refractivity contribution in [2.75, 3.05) is 18.8 Å². The predicted octanol–water partition coefficient (Wildman–Crippen LogP) is 4.32. The lowest BCUT2D eigenvalue weighted by atomic mass is 9.78. The Labute approximate surface area is 113 Å². The van der Waals surface area contributed by atoms with E-state index in [1.807, 2.05) is 0 Å². The van der Waals surface area contributed by atoms with Crippen LogP contribution in [0.2, 0.25) is 0 Å². The fourth-order valence-electron chi connectivity index (χ4n) is 2.78. The van der Waals surface area contributed by atoms with Crippen molar-refractivity contribution in [3.63, 3.8) is 0 Å². The fourth-order valence-corrected chi connectivity index (χ4v) is 3.81. The molecule has 2 atom stereocenters. The molecule has 1 nitrogen and oxygen atoms in total. The molecule has 1 N–H and O–H groups in total. The van der Waals surface area contributed by atoms with Crippen LogP contribution in [-0.2, 0) is 0 Å². The second-order valence-corrected chi connectivity index (χ2v) is 8.28.